The number of hydrogen-bond donors (Lipinski definition) is 2. The molecular formula is C23H27F3N6O4S. The Hall–Kier alpha value is -3.68. The third kappa shape index (κ3) is 6.01. The first kappa shape index (κ1) is 27.9. The number of esters is 1. The molecule has 3 aromatic rings. The minimum atomic E-state index is -5.22. The van der Waals surface area contributed by atoms with E-state index in [0.717, 1.165) is 17.1 Å². The summed E-state index contributed by atoms with van der Waals surface area (Å²) in [5.41, 5.74) is 2.51. The summed E-state index contributed by atoms with van der Waals surface area (Å²) in [4.78, 5) is 19.5. The number of alkyl halides is 3. The van der Waals surface area contributed by atoms with Crippen molar-refractivity contribution >= 4 is 39.1 Å². The van der Waals surface area contributed by atoms with Crippen molar-refractivity contribution in [2.75, 3.05) is 17.2 Å². The number of nitrogens with zero attached hydrogens (tertiary/aromatic N) is 4. The number of aryl methyl sites for hydroxylation is 3. The highest BCUT2D eigenvalue weighted by Crippen LogP contribution is 2.32. The Morgan fingerprint density at radius 1 is 1.11 bits per heavy atom. The Labute approximate surface area is 212 Å². The largest absolute Gasteiger partial charge is 0.490 e. The molecule has 0 amide bonds. The number of hydrogen-bond acceptors (Lipinski definition) is 9. The number of rotatable bonds is 8. The SMILES string of the molecule is Cc1ccc(Nc2nccc(Nc3c(C)c(C)nn3C)n2)cc1S(=O)(=O)C(C)(C)COC(=O)C(F)(F)F. The van der Waals surface area contributed by atoms with E-state index in [9.17, 15) is 26.4 Å². The van der Waals surface area contributed by atoms with Gasteiger partial charge in [0.25, 0.3) is 0 Å². The molecule has 0 aliphatic heterocycles. The molecule has 0 saturated heterocycles. The van der Waals surface area contributed by atoms with Crippen LogP contribution in [0.2, 0.25) is 0 Å². The predicted molar refractivity (Wildman–Crippen MR) is 131 cm³/mol. The van der Waals surface area contributed by atoms with Crippen LogP contribution in [0.5, 0.6) is 0 Å². The van der Waals surface area contributed by atoms with Gasteiger partial charge in [-0.25, -0.2) is 18.2 Å². The second-order valence-corrected chi connectivity index (χ2v) is 11.6. The quantitative estimate of drug-likeness (QED) is 0.402. The Bertz CT molecular complexity index is 1430. The minimum Gasteiger partial charge on any atom is -0.457 e. The average molecular weight is 541 g/mol. The zero-order chi connectivity index (χ0) is 27.8. The lowest BCUT2D eigenvalue weighted by molar-refractivity contribution is -0.200. The fourth-order valence-electron chi connectivity index (χ4n) is 3.34. The van der Waals surface area contributed by atoms with Gasteiger partial charge in [0.1, 0.15) is 23.0 Å². The predicted octanol–water partition coefficient (Wildman–Crippen LogP) is 4.28. The maximum absolute atomic E-state index is 13.3. The Balaban J connectivity index is 1.84. The van der Waals surface area contributed by atoms with Crippen LogP contribution in [-0.2, 0) is 26.4 Å². The number of carbonyl (C=O) groups is 1. The van der Waals surface area contributed by atoms with E-state index in [-0.39, 0.29) is 10.8 Å². The number of sulfone groups is 1. The van der Waals surface area contributed by atoms with Gasteiger partial charge in [-0.1, -0.05) is 6.07 Å². The molecule has 0 fully saturated rings. The standard InChI is InChI=1S/C23H27F3N6O4S/c1-13-7-8-16(11-17(13)37(34,35)22(4,5)12-36-20(33)23(24,25)26)28-21-27-10-9-18(30-21)29-19-14(2)15(3)31-32(19)6/h7-11H,12H2,1-6H3,(H2,27,28,29,30). The van der Waals surface area contributed by atoms with Gasteiger partial charge in [-0.2, -0.15) is 23.3 Å². The fraction of sp³-hybridized carbons (Fsp3) is 0.391. The molecule has 0 unspecified atom stereocenters. The smallest absolute Gasteiger partial charge is 0.457 e. The highest BCUT2D eigenvalue weighted by molar-refractivity contribution is 7.92. The summed E-state index contributed by atoms with van der Waals surface area (Å²) in [5.74, 6) is -1.06. The van der Waals surface area contributed by atoms with E-state index in [2.05, 4.69) is 30.4 Å². The molecule has 0 radical (unpaired) electrons. The maximum atomic E-state index is 13.3. The summed E-state index contributed by atoms with van der Waals surface area (Å²) in [6.07, 6.45) is -3.71. The molecule has 3 rings (SSSR count). The van der Waals surface area contributed by atoms with Crippen molar-refractivity contribution in [2.45, 2.75) is 50.4 Å². The van der Waals surface area contributed by atoms with Gasteiger partial charge >= 0.3 is 12.1 Å². The first-order chi connectivity index (χ1) is 17.0. The monoisotopic (exact) mass is 540 g/mol. The van der Waals surface area contributed by atoms with E-state index >= 15 is 0 Å². The van der Waals surface area contributed by atoms with E-state index in [0.29, 0.717) is 17.1 Å². The van der Waals surface area contributed by atoms with Gasteiger partial charge in [-0.05, 0) is 58.4 Å². The third-order valence-corrected chi connectivity index (χ3v) is 8.26. The van der Waals surface area contributed by atoms with Crippen LogP contribution in [0, 0.1) is 20.8 Å². The van der Waals surface area contributed by atoms with Gasteiger partial charge in [-0.3, -0.25) is 4.68 Å². The molecule has 10 nitrogen and oxygen atoms in total. The maximum Gasteiger partial charge on any atom is 0.490 e. The summed E-state index contributed by atoms with van der Waals surface area (Å²) in [7, 11) is -2.43. The van der Waals surface area contributed by atoms with Crippen LogP contribution < -0.4 is 10.6 Å². The molecule has 0 aliphatic carbocycles. The number of halogens is 3. The van der Waals surface area contributed by atoms with E-state index in [1.54, 1.807) is 30.8 Å². The second kappa shape index (κ2) is 10.00. The molecule has 0 atom stereocenters. The molecule has 2 aromatic heterocycles. The lowest BCUT2D eigenvalue weighted by atomic mass is 10.2. The zero-order valence-electron chi connectivity index (χ0n) is 21.1. The van der Waals surface area contributed by atoms with Crippen LogP contribution in [0.15, 0.2) is 35.4 Å². The topological polar surface area (TPSA) is 128 Å². The number of ether oxygens (including phenoxy) is 1. The summed E-state index contributed by atoms with van der Waals surface area (Å²) in [5, 5.41) is 10.5. The molecular weight excluding hydrogens is 513 g/mol. The van der Waals surface area contributed by atoms with Crippen LogP contribution in [-0.4, -0.2) is 51.7 Å². The lowest BCUT2D eigenvalue weighted by Crippen LogP contribution is -2.40. The number of anilines is 4. The molecule has 14 heteroatoms. The normalized spacial score (nSPS) is 12.4. The van der Waals surface area contributed by atoms with Crippen molar-refractivity contribution in [1.29, 1.82) is 0 Å². The molecule has 2 heterocycles. The van der Waals surface area contributed by atoms with Crippen molar-refractivity contribution in [3.63, 3.8) is 0 Å². The third-order valence-electron chi connectivity index (χ3n) is 5.67. The van der Waals surface area contributed by atoms with Gasteiger partial charge in [0, 0.05) is 24.5 Å². The van der Waals surface area contributed by atoms with Crippen LogP contribution in [0.4, 0.5) is 36.4 Å². The number of aromatic nitrogens is 4. The van der Waals surface area contributed by atoms with E-state index in [1.807, 2.05) is 13.8 Å². The summed E-state index contributed by atoms with van der Waals surface area (Å²) in [6, 6.07) is 6.14. The first-order valence-electron chi connectivity index (χ1n) is 11.0. The number of nitrogens with one attached hydrogen (secondary N) is 2. The van der Waals surface area contributed by atoms with Crippen molar-refractivity contribution in [2.24, 2.45) is 7.05 Å². The van der Waals surface area contributed by atoms with E-state index < -0.39 is 33.3 Å². The van der Waals surface area contributed by atoms with Crippen molar-refractivity contribution in [3.05, 3.63) is 47.3 Å². The highest BCUT2D eigenvalue weighted by atomic mass is 32.2. The molecule has 0 spiro atoms. The highest BCUT2D eigenvalue weighted by Gasteiger charge is 2.44. The Kier molecular flexibility index (Phi) is 7.54. The van der Waals surface area contributed by atoms with Crippen LogP contribution in [0.3, 0.4) is 0 Å². The van der Waals surface area contributed by atoms with Crippen LogP contribution in [0.1, 0.15) is 30.7 Å². The first-order valence-corrected chi connectivity index (χ1v) is 12.5. The summed E-state index contributed by atoms with van der Waals surface area (Å²) in [6.45, 7) is 6.75. The molecule has 200 valence electrons. The summed E-state index contributed by atoms with van der Waals surface area (Å²) < 4.78 is 68.2. The minimum absolute atomic E-state index is 0.138. The molecule has 1 aromatic carbocycles. The van der Waals surface area contributed by atoms with Crippen molar-refractivity contribution in [3.8, 4) is 0 Å². The second-order valence-electron chi connectivity index (χ2n) is 9.02. The molecule has 37 heavy (non-hydrogen) atoms. The number of carbonyl (C=O) groups excluding carboxylic acids is 1. The molecule has 0 saturated carbocycles. The average Bonchev–Trinajstić information content (AvgIpc) is 3.04. The zero-order valence-corrected chi connectivity index (χ0v) is 21.9. The van der Waals surface area contributed by atoms with Gasteiger partial charge in [0.15, 0.2) is 9.84 Å². The van der Waals surface area contributed by atoms with E-state index in [4.69, 9.17) is 0 Å². The van der Waals surface area contributed by atoms with Crippen LogP contribution >= 0.6 is 0 Å². The number of benzene rings is 1. The summed E-state index contributed by atoms with van der Waals surface area (Å²) >= 11 is 0. The van der Waals surface area contributed by atoms with E-state index in [1.165, 1.54) is 32.2 Å². The fourth-order valence-corrected chi connectivity index (χ4v) is 4.92. The van der Waals surface area contributed by atoms with Gasteiger partial charge < -0.3 is 15.4 Å². The van der Waals surface area contributed by atoms with Gasteiger partial charge in [0.2, 0.25) is 5.95 Å². The van der Waals surface area contributed by atoms with Gasteiger partial charge in [0.05, 0.1) is 10.6 Å². The lowest BCUT2D eigenvalue weighted by Gasteiger charge is -2.26. The van der Waals surface area contributed by atoms with Crippen molar-refractivity contribution < 1.29 is 31.1 Å². The molecule has 0 bridgehead atoms. The van der Waals surface area contributed by atoms with Gasteiger partial charge in [-0.15, -0.1) is 0 Å². The van der Waals surface area contributed by atoms with Crippen LogP contribution in [0.25, 0.3) is 0 Å². The Morgan fingerprint density at radius 3 is 2.38 bits per heavy atom. The molecule has 0 aliphatic rings. The molecule has 2 N–H and O–H groups in total. The van der Waals surface area contributed by atoms with Crippen molar-refractivity contribution in [1.82, 2.24) is 19.7 Å². The Morgan fingerprint density at radius 2 is 1.78 bits per heavy atom.